The fourth-order valence-electron chi connectivity index (χ4n) is 0.920. The van der Waals surface area contributed by atoms with Gasteiger partial charge in [0.05, 0.1) is 18.2 Å². The quantitative estimate of drug-likeness (QED) is 0.631. The Morgan fingerprint density at radius 2 is 2.00 bits per heavy atom. The summed E-state index contributed by atoms with van der Waals surface area (Å²) in [6.45, 7) is 0.954. The summed E-state index contributed by atoms with van der Waals surface area (Å²) in [6, 6.07) is 5.25. The molecule has 5 heteroatoms. The van der Waals surface area contributed by atoms with E-state index in [0.717, 1.165) is 0 Å². The number of halogens is 2. The summed E-state index contributed by atoms with van der Waals surface area (Å²) in [5.74, 6) is 5.44. The predicted octanol–water partition coefficient (Wildman–Crippen LogP) is 2.65. The first-order valence-electron chi connectivity index (χ1n) is 4.14. The highest BCUT2D eigenvalue weighted by Crippen LogP contribution is 2.31. The molecule has 1 aromatic carbocycles. The molecule has 0 amide bonds. The van der Waals surface area contributed by atoms with E-state index in [2.05, 4.69) is 4.84 Å². The van der Waals surface area contributed by atoms with Crippen LogP contribution >= 0.6 is 23.2 Å². The van der Waals surface area contributed by atoms with Gasteiger partial charge in [0.15, 0.2) is 0 Å². The highest BCUT2D eigenvalue weighted by molar-refractivity contribution is 6.42. The maximum Gasteiger partial charge on any atom is 0.139 e. The zero-order chi connectivity index (χ0) is 10.4. The van der Waals surface area contributed by atoms with Crippen molar-refractivity contribution in [1.82, 2.24) is 0 Å². The van der Waals surface area contributed by atoms with Crippen molar-refractivity contribution in [1.29, 1.82) is 0 Å². The molecule has 0 bridgehead atoms. The zero-order valence-corrected chi connectivity index (χ0v) is 9.02. The largest absolute Gasteiger partial charge is 0.492 e. The topological polar surface area (TPSA) is 44.5 Å². The number of ether oxygens (including phenoxy) is 1. The van der Waals surface area contributed by atoms with Gasteiger partial charge >= 0.3 is 0 Å². The van der Waals surface area contributed by atoms with Crippen molar-refractivity contribution in [3.63, 3.8) is 0 Å². The van der Waals surface area contributed by atoms with Gasteiger partial charge in [-0.05, 0) is 12.1 Å². The Bertz CT molecular complexity index is 294. The average Bonchev–Trinajstić information content (AvgIpc) is 2.19. The van der Waals surface area contributed by atoms with Crippen LogP contribution in [0.4, 0.5) is 0 Å². The van der Waals surface area contributed by atoms with E-state index in [4.69, 9.17) is 33.8 Å². The molecule has 3 nitrogen and oxygen atoms in total. The van der Waals surface area contributed by atoms with E-state index < -0.39 is 0 Å². The molecule has 0 unspecified atom stereocenters. The zero-order valence-electron chi connectivity index (χ0n) is 7.50. The van der Waals surface area contributed by atoms with Gasteiger partial charge in [-0.3, -0.25) is 0 Å². The minimum Gasteiger partial charge on any atom is -0.492 e. The van der Waals surface area contributed by atoms with Crippen molar-refractivity contribution in [2.45, 2.75) is 6.42 Å². The Hall–Kier alpha value is -0.480. The van der Waals surface area contributed by atoms with Gasteiger partial charge in [0.2, 0.25) is 0 Å². The van der Waals surface area contributed by atoms with Crippen molar-refractivity contribution in [3.8, 4) is 5.75 Å². The third-order valence-electron chi connectivity index (χ3n) is 1.58. The van der Waals surface area contributed by atoms with Crippen LogP contribution in [-0.2, 0) is 4.84 Å². The second-order valence-electron chi connectivity index (χ2n) is 2.62. The third-order valence-corrected chi connectivity index (χ3v) is 2.38. The van der Waals surface area contributed by atoms with Crippen LogP contribution in [0.2, 0.25) is 10.0 Å². The van der Waals surface area contributed by atoms with Crippen molar-refractivity contribution >= 4 is 23.2 Å². The van der Waals surface area contributed by atoms with E-state index in [0.29, 0.717) is 35.4 Å². The highest BCUT2D eigenvalue weighted by Gasteiger charge is 2.04. The molecule has 0 aromatic heterocycles. The minimum atomic E-state index is 0.433. The lowest BCUT2D eigenvalue weighted by Crippen LogP contribution is -2.06. The van der Waals surface area contributed by atoms with Crippen molar-refractivity contribution in [2.24, 2.45) is 5.90 Å². The first-order chi connectivity index (χ1) is 6.75. The van der Waals surface area contributed by atoms with Gasteiger partial charge in [-0.2, -0.15) is 0 Å². The van der Waals surface area contributed by atoms with Gasteiger partial charge in [-0.1, -0.05) is 29.3 Å². The molecule has 78 valence electrons. The Morgan fingerprint density at radius 1 is 1.21 bits per heavy atom. The number of hydrogen-bond donors (Lipinski definition) is 1. The van der Waals surface area contributed by atoms with Crippen molar-refractivity contribution < 1.29 is 9.57 Å². The number of hydrogen-bond acceptors (Lipinski definition) is 3. The van der Waals surface area contributed by atoms with E-state index in [-0.39, 0.29) is 0 Å². The smallest absolute Gasteiger partial charge is 0.139 e. The lowest BCUT2D eigenvalue weighted by molar-refractivity contribution is 0.122. The second kappa shape index (κ2) is 6.09. The molecule has 0 aliphatic carbocycles. The molecule has 0 heterocycles. The lowest BCUT2D eigenvalue weighted by atomic mass is 10.3. The van der Waals surface area contributed by atoms with Crippen LogP contribution in [-0.4, -0.2) is 13.2 Å². The van der Waals surface area contributed by atoms with Gasteiger partial charge in [-0.15, -0.1) is 0 Å². The molecule has 14 heavy (non-hydrogen) atoms. The van der Waals surface area contributed by atoms with E-state index in [9.17, 15) is 0 Å². The molecule has 0 saturated carbocycles. The van der Waals surface area contributed by atoms with Gasteiger partial charge in [0, 0.05) is 6.42 Å². The highest BCUT2D eigenvalue weighted by atomic mass is 35.5. The van der Waals surface area contributed by atoms with Gasteiger partial charge < -0.3 is 9.57 Å². The molecule has 1 aromatic rings. The van der Waals surface area contributed by atoms with Gasteiger partial charge in [0.1, 0.15) is 10.8 Å². The Morgan fingerprint density at radius 3 is 2.71 bits per heavy atom. The molecular formula is C9H11Cl2NO2. The van der Waals surface area contributed by atoms with E-state index in [1.807, 2.05) is 0 Å². The lowest BCUT2D eigenvalue weighted by Gasteiger charge is -2.07. The summed E-state index contributed by atoms with van der Waals surface area (Å²) in [6.07, 6.45) is 0.708. The standard InChI is InChI=1S/C9H11Cl2NO2/c10-7-3-1-4-8(9(7)11)13-5-2-6-14-12/h1,3-4H,2,5-6,12H2. The molecule has 2 N–H and O–H groups in total. The normalized spacial score (nSPS) is 10.2. The molecule has 1 rings (SSSR count). The van der Waals surface area contributed by atoms with Crippen LogP contribution in [0.25, 0.3) is 0 Å². The molecule has 0 fully saturated rings. The number of nitrogens with two attached hydrogens (primary N) is 1. The van der Waals surface area contributed by atoms with Crippen LogP contribution in [0.3, 0.4) is 0 Å². The molecule has 0 aliphatic rings. The molecule has 0 atom stereocenters. The van der Waals surface area contributed by atoms with Gasteiger partial charge in [0.25, 0.3) is 0 Å². The molecule has 0 spiro atoms. The van der Waals surface area contributed by atoms with Crippen LogP contribution < -0.4 is 10.6 Å². The number of rotatable bonds is 5. The Labute approximate surface area is 92.7 Å². The van der Waals surface area contributed by atoms with Crippen molar-refractivity contribution in [3.05, 3.63) is 28.2 Å². The molecular weight excluding hydrogens is 225 g/mol. The van der Waals surface area contributed by atoms with Crippen LogP contribution in [0.1, 0.15) is 6.42 Å². The summed E-state index contributed by atoms with van der Waals surface area (Å²) in [7, 11) is 0. The van der Waals surface area contributed by atoms with Crippen LogP contribution in [0, 0.1) is 0 Å². The molecule has 0 aliphatic heterocycles. The summed E-state index contributed by atoms with van der Waals surface area (Å²) < 4.78 is 5.37. The van der Waals surface area contributed by atoms with Gasteiger partial charge in [-0.25, -0.2) is 5.90 Å². The van der Waals surface area contributed by atoms with E-state index in [1.54, 1.807) is 18.2 Å². The molecule has 0 saturated heterocycles. The Kier molecular flexibility index (Phi) is 5.04. The van der Waals surface area contributed by atoms with Crippen LogP contribution in [0.15, 0.2) is 18.2 Å². The summed E-state index contributed by atoms with van der Waals surface area (Å²) >= 11 is 11.7. The third kappa shape index (κ3) is 3.35. The minimum absolute atomic E-state index is 0.433. The molecule has 0 radical (unpaired) electrons. The fourth-order valence-corrected chi connectivity index (χ4v) is 1.27. The fraction of sp³-hybridized carbons (Fsp3) is 0.333. The predicted molar refractivity (Wildman–Crippen MR) is 56.7 cm³/mol. The summed E-state index contributed by atoms with van der Waals surface area (Å²) in [5, 5.41) is 0.919. The summed E-state index contributed by atoms with van der Waals surface area (Å²) in [5.41, 5.74) is 0. The SMILES string of the molecule is NOCCCOc1cccc(Cl)c1Cl. The Balaban J connectivity index is 2.46. The van der Waals surface area contributed by atoms with Crippen LogP contribution in [0.5, 0.6) is 5.75 Å². The van der Waals surface area contributed by atoms with E-state index >= 15 is 0 Å². The van der Waals surface area contributed by atoms with Crippen molar-refractivity contribution in [2.75, 3.05) is 13.2 Å². The maximum absolute atomic E-state index is 5.89. The first-order valence-corrected chi connectivity index (χ1v) is 4.90. The number of benzene rings is 1. The average molecular weight is 236 g/mol. The first kappa shape index (κ1) is 11.6. The summed E-state index contributed by atoms with van der Waals surface area (Å²) in [4.78, 5) is 4.39. The second-order valence-corrected chi connectivity index (χ2v) is 3.41. The maximum atomic E-state index is 5.89. The monoisotopic (exact) mass is 235 g/mol. The van der Waals surface area contributed by atoms with E-state index in [1.165, 1.54) is 0 Å².